The van der Waals surface area contributed by atoms with E-state index in [9.17, 15) is 4.79 Å². The standard InChI is InChI=1S/C16H33N3O/c1-4-15(5-2)16(20)17-9-7-8-10-19-13-11-18(6-3)12-14-19/h15H,4-14H2,1-3H3,(H,17,20). The lowest BCUT2D eigenvalue weighted by molar-refractivity contribution is -0.125. The van der Waals surface area contributed by atoms with Crippen LogP contribution in [0.25, 0.3) is 0 Å². The number of nitrogens with one attached hydrogen (secondary N) is 1. The first-order valence-corrected chi connectivity index (χ1v) is 8.43. The van der Waals surface area contributed by atoms with Crippen LogP contribution >= 0.6 is 0 Å². The topological polar surface area (TPSA) is 35.6 Å². The molecule has 0 aromatic rings. The van der Waals surface area contributed by atoms with Crippen LogP contribution in [0.1, 0.15) is 46.5 Å². The number of rotatable bonds is 9. The Hall–Kier alpha value is -0.610. The van der Waals surface area contributed by atoms with Crippen molar-refractivity contribution in [2.75, 3.05) is 45.8 Å². The molecule has 118 valence electrons. The molecule has 0 radical (unpaired) electrons. The van der Waals surface area contributed by atoms with Gasteiger partial charge in [0.15, 0.2) is 0 Å². The summed E-state index contributed by atoms with van der Waals surface area (Å²) >= 11 is 0. The van der Waals surface area contributed by atoms with Crippen molar-refractivity contribution in [2.24, 2.45) is 5.92 Å². The second-order valence-electron chi connectivity index (χ2n) is 5.79. The lowest BCUT2D eigenvalue weighted by atomic mass is 10.0. The van der Waals surface area contributed by atoms with Gasteiger partial charge in [-0.1, -0.05) is 20.8 Å². The minimum atomic E-state index is 0.206. The molecule has 1 fully saturated rings. The van der Waals surface area contributed by atoms with E-state index < -0.39 is 0 Å². The number of carbonyl (C=O) groups is 1. The average Bonchev–Trinajstić information content (AvgIpc) is 2.49. The molecule has 1 aliphatic rings. The molecule has 1 N–H and O–H groups in total. The van der Waals surface area contributed by atoms with Crippen LogP contribution in [-0.2, 0) is 4.79 Å². The molecule has 4 heteroatoms. The van der Waals surface area contributed by atoms with Gasteiger partial charge in [0.1, 0.15) is 0 Å². The third kappa shape index (κ3) is 6.23. The molecule has 1 saturated heterocycles. The highest BCUT2D eigenvalue weighted by molar-refractivity contribution is 5.78. The van der Waals surface area contributed by atoms with E-state index in [4.69, 9.17) is 0 Å². The summed E-state index contributed by atoms with van der Waals surface area (Å²) in [4.78, 5) is 16.9. The quantitative estimate of drug-likeness (QED) is 0.657. The highest BCUT2D eigenvalue weighted by atomic mass is 16.1. The van der Waals surface area contributed by atoms with Gasteiger partial charge in [-0.05, 0) is 38.8 Å². The van der Waals surface area contributed by atoms with Crippen molar-refractivity contribution in [3.8, 4) is 0 Å². The first-order chi connectivity index (χ1) is 9.71. The minimum Gasteiger partial charge on any atom is -0.356 e. The normalized spacial score (nSPS) is 17.6. The van der Waals surface area contributed by atoms with Crippen LogP contribution < -0.4 is 5.32 Å². The van der Waals surface area contributed by atoms with Crippen LogP contribution in [0.3, 0.4) is 0 Å². The summed E-state index contributed by atoms with van der Waals surface area (Å²) in [5, 5.41) is 3.07. The highest BCUT2D eigenvalue weighted by Gasteiger charge is 2.15. The zero-order valence-corrected chi connectivity index (χ0v) is 13.7. The fraction of sp³-hybridized carbons (Fsp3) is 0.938. The van der Waals surface area contributed by atoms with Crippen LogP contribution in [0.2, 0.25) is 0 Å². The van der Waals surface area contributed by atoms with Crippen molar-refractivity contribution in [1.82, 2.24) is 15.1 Å². The van der Waals surface area contributed by atoms with Gasteiger partial charge >= 0.3 is 0 Å². The average molecular weight is 283 g/mol. The van der Waals surface area contributed by atoms with Crippen molar-refractivity contribution >= 4 is 5.91 Å². The van der Waals surface area contributed by atoms with E-state index in [1.807, 2.05) is 0 Å². The minimum absolute atomic E-state index is 0.206. The van der Waals surface area contributed by atoms with Crippen LogP contribution in [0.15, 0.2) is 0 Å². The van der Waals surface area contributed by atoms with Gasteiger partial charge in [0.25, 0.3) is 0 Å². The number of amides is 1. The highest BCUT2D eigenvalue weighted by Crippen LogP contribution is 2.07. The summed E-state index contributed by atoms with van der Waals surface area (Å²) in [6.07, 6.45) is 4.18. The van der Waals surface area contributed by atoms with Crippen LogP contribution in [0, 0.1) is 5.92 Å². The van der Waals surface area contributed by atoms with E-state index in [1.54, 1.807) is 0 Å². The molecular weight excluding hydrogens is 250 g/mol. The summed E-state index contributed by atoms with van der Waals surface area (Å²) in [5.74, 6) is 0.448. The first kappa shape index (κ1) is 17.4. The molecule has 1 heterocycles. The zero-order chi connectivity index (χ0) is 14.8. The smallest absolute Gasteiger partial charge is 0.223 e. The summed E-state index contributed by atoms with van der Waals surface area (Å²) in [6.45, 7) is 14.4. The number of piperazine rings is 1. The van der Waals surface area contributed by atoms with Gasteiger partial charge in [-0.25, -0.2) is 0 Å². The number of likely N-dealkylation sites (N-methyl/N-ethyl adjacent to an activating group) is 1. The third-order valence-electron chi connectivity index (χ3n) is 4.47. The van der Waals surface area contributed by atoms with Crippen LogP contribution in [-0.4, -0.2) is 61.5 Å². The largest absolute Gasteiger partial charge is 0.356 e. The van der Waals surface area contributed by atoms with E-state index in [2.05, 4.69) is 35.9 Å². The Morgan fingerprint density at radius 3 is 2.15 bits per heavy atom. The Balaban J connectivity index is 2.01. The summed E-state index contributed by atoms with van der Waals surface area (Å²) in [6, 6.07) is 0. The Kier molecular flexibility index (Phi) is 8.86. The molecule has 0 aromatic heterocycles. The van der Waals surface area contributed by atoms with Crippen molar-refractivity contribution in [3.05, 3.63) is 0 Å². The molecule has 0 spiro atoms. The van der Waals surface area contributed by atoms with E-state index in [-0.39, 0.29) is 11.8 Å². The summed E-state index contributed by atoms with van der Waals surface area (Å²) in [5.41, 5.74) is 0. The van der Waals surface area contributed by atoms with E-state index >= 15 is 0 Å². The maximum absolute atomic E-state index is 11.8. The molecule has 20 heavy (non-hydrogen) atoms. The molecule has 0 aliphatic carbocycles. The Morgan fingerprint density at radius 2 is 1.60 bits per heavy atom. The number of carbonyl (C=O) groups excluding carboxylic acids is 1. The van der Waals surface area contributed by atoms with Crippen LogP contribution in [0.5, 0.6) is 0 Å². The van der Waals surface area contributed by atoms with Crippen LogP contribution in [0.4, 0.5) is 0 Å². The second kappa shape index (κ2) is 10.2. The lowest BCUT2D eigenvalue weighted by Crippen LogP contribution is -2.46. The van der Waals surface area contributed by atoms with Gasteiger partial charge in [-0.15, -0.1) is 0 Å². The van der Waals surface area contributed by atoms with Gasteiger partial charge < -0.3 is 15.1 Å². The summed E-state index contributed by atoms with van der Waals surface area (Å²) in [7, 11) is 0. The molecule has 0 saturated carbocycles. The van der Waals surface area contributed by atoms with E-state index in [0.29, 0.717) is 0 Å². The molecule has 0 atom stereocenters. The number of hydrogen-bond donors (Lipinski definition) is 1. The Labute approximate surface area is 124 Å². The summed E-state index contributed by atoms with van der Waals surface area (Å²) < 4.78 is 0. The molecular formula is C16H33N3O. The van der Waals surface area contributed by atoms with Crippen molar-refractivity contribution in [1.29, 1.82) is 0 Å². The lowest BCUT2D eigenvalue weighted by Gasteiger charge is -2.34. The Bertz CT molecular complexity index is 258. The molecule has 0 unspecified atom stereocenters. The molecule has 1 amide bonds. The maximum Gasteiger partial charge on any atom is 0.223 e. The molecule has 1 rings (SSSR count). The Morgan fingerprint density at radius 1 is 1.00 bits per heavy atom. The van der Waals surface area contributed by atoms with Crippen molar-refractivity contribution < 1.29 is 4.79 Å². The number of hydrogen-bond acceptors (Lipinski definition) is 3. The van der Waals surface area contributed by atoms with Gasteiger partial charge in [-0.2, -0.15) is 0 Å². The van der Waals surface area contributed by atoms with E-state index in [0.717, 1.165) is 25.8 Å². The first-order valence-electron chi connectivity index (χ1n) is 8.43. The molecule has 1 aliphatic heterocycles. The SMILES string of the molecule is CCC(CC)C(=O)NCCCCN1CCN(CC)CC1. The molecule has 0 bridgehead atoms. The van der Waals surface area contributed by atoms with Crippen molar-refractivity contribution in [3.63, 3.8) is 0 Å². The second-order valence-corrected chi connectivity index (χ2v) is 5.79. The number of unbranched alkanes of at least 4 members (excludes halogenated alkanes) is 1. The van der Waals surface area contributed by atoms with Gasteiger partial charge in [-0.3, -0.25) is 4.79 Å². The van der Waals surface area contributed by atoms with Crippen molar-refractivity contribution in [2.45, 2.75) is 46.5 Å². The zero-order valence-electron chi connectivity index (χ0n) is 13.7. The fourth-order valence-electron chi connectivity index (χ4n) is 2.80. The van der Waals surface area contributed by atoms with Gasteiger partial charge in [0.05, 0.1) is 0 Å². The predicted octanol–water partition coefficient (Wildman–Crippen LogP) is 1.96. The fourth-order valence-corrected chi connectivity index (χ4v) is 2.80. The van der Waals surface area contributed by atoms with Gasteiger partial charge in [0, 0.05) is 38.6 Å². The van der Waals surface area contributed by atoms with Gasteiger partial charge in [0.2, 0.25) is 5.91 Å². The maximum atomic E-state index is 11.8. The molecule has 4 nitrogen and oxygen atoms in total. The number of nitrogens with zero attached hydrogens (tertiary/aromatic N) is 2. The molecule has 0 aromatic carbocycles. The van der Waals surface area contributed by atoms with E-state index in [1.165, 1.54) is 45.7 Å². The monoisotopic (exact) mass is 283 g/mol. The predicted molar refractivity (Wildman–Crippen MR) is 84.9 cm³/mol. The third-order valence-corrected chi connectivity index (χ3v) is 4.47.